The van der Waals surface area contributed by atoms with Crippen LogP contribution < -0.4 is 5.43 Å². The zero-order valence-corrected chi connectivity index (χ0v) is 17.7. The molecule has 0 saturated carbocycles. The summed E-state index contributed by atoms with van der Waals surface area (Å²) in [4.78, 5) is 25.1. The Hall–Kier alpha value is -1.89. The van der Waals surface area contributed by atoms with Crippen molar-refractivity contribution >= 4 is 62.3 Å². The number of esters is 1. The van der Waals surface area contributed by atoms with Crippen LogP contribution in [0.1, 0.15) is 24.2 Å². The zero-order chi connectivity index (χ0) is 20.0. The van der Waals surface area contributed by atoms with Gasteiger partial charge in [-0.05, 0) is 44.2 Å². The molecule has 1 N–H and O–H groups in total. The second-order valence-corrected chi connectivity index (χ2v) is 7.31. The van der Waals surface area contributed by atoms with Gasteiger partial charge in [0.25, 0.3) is 0 Å². The van der Waals surface area contributed by atoms with Crippen molar-refractivity contribution in [1.82, 2.24) is 0 Å². The highest BCUT2D eigenvalue weighted by molar-refractivity contribution is 9.10. The minimum atomic E-state index is -0.816. The molecule has 2 aromatic rings. The summed E-state index contributed by atoms with van der Waals surface area (Å²) < 4.78 is 5.90. The predicted molar refractivity (Wildman–Crippen MR) is 112 cm³/mol. The quantitative estimate of drug-likeness (QED) is 0.247. The number of rotatable bonds is 7. The molecule has 0 aliphatic heterocycles. The average molecular weight is 472 g/mol. The van der Waals surface area contributed by atoms with Gasteiger partial charge in [-0.2, -0.15) is 5.10 Å². The number of nitrogens with zero attached hydrogens (tertiary/aromatic N) is 1. The molecule has 1 atom stereocenters. The smallest absolute Gasteiger partial charge is 0.355 e. The number of hydrogen-bond acceptors (Lipinski definition) is 5. The van der Waals surface area contributed by atoms with E-state index in [-0.39, 0.29) is 18.1 Å². The molecular formula is C19H17BrCl2N2O3. The Labute approximate surface area is 175 Å². The van der Waals surface area contributed by atoms with E-state index in [2.05, 4.69) is 26.5 Å². The molecule has 0 heterocycles. The van der Waals surface area contributed by atoms with Crippen LogP contribution in [0.25, 0.3) is 0 Å². The monoisotopic (exact) mass is 470 g/mol. The normalized spacial score (nSPS) is 12.4. The molecule has 0 saturated heterocycles. The van der Waals surface area contributed by atoms with Gasteiger partial charge in [-0.3, -0.25) is 10.2 Å². The SMILES string of the molecule is CCOC(=O)C(=NNc1ccc(Cl)cc1Cl)C(C)C(=O)c1ccc(Br)cc1. The molecule has 0 amide bonds. The Kier molecular flexibility index (Phi) is 7.83. The Morgan fingerprint density at radius 2 is 1.85 bits per heavy atom. The van der Waals surface area contributed by atoms with E-state index in [1.165, 1.54) is 0 Å². The molecule has 0 aromatic heterocycles. The molecule has 0 spiro atoms. The number of halogens is 3. The Morgan fingerprint density at radius 3 is 2.44 bits per heavy atom. The summed E-state index contributed by atoms with van der Waals surface area (Å²) in [5.74, 6) is -1.74. The van der Waals surface area contributed by atoms with Crippen molar-refractivity contribution < 1.29 is 14.3 Å². The number of nitrogens with one attached hydrogen (secondary N) is 1. The molecule has 0 radical (unpaired) electrons. The Morgan fingerprint density at radius 1 is 1.19 bits per heavy atom. The fourth-order valence-corrected chi connectivity index (χ4v) is 2.93. The van der Waals surface area contributed by atoms with Crippen LogP contribution in [0.3, 0.4) is 0 Å². The van der Waals surface area contributed by atoms with Crippen molar-refractivity contribution in [2.75, 3.05) is 12.0 Å². The van der Waals surface area contributed by atoms with E-state index in [0.29, 0.717) is 21.3 Å². The molecule has 0 bridgehead atoms. The first kappa shape index (κ1) is 21.4. The number of Topliss-reactive ketones (excluding diaryl/α,β-unsaturated/α-hetero) is 1. The molecule has 5 nitrogen and oxygen atoms in total. The minimum Gasteiger partial charge on any atom is -0.461 e. The van der Waals surface area contributed by atoms with Gasteiger partial charge in [0.2, 0.25) is 0 Å². The highest BCUT2D eigenvalue weighted by Gasteiger charge is 2.27. The van der Waals surface area contributed by atoms with Gasteiger partial charge >= 0.3 is 5.97 Å². The zero-order valence-electron chi connectivity index (χ0n) is 14.6. The van der Waals surface area contributed by atoms with Gasteiger partial charge in [0, 0.05) is 15.1 Å². The molecular weight excluding hydrogens is 455 g/mol. The molecule has 0 aliphatic carbocycles. The van der Waals surface area contributed by atoms with Gasteiger partial charge in [0.1, 0.15) is 0 Å². The van der Waals surface area contributed by atoms with Crippen molar-refractivity contribution in [2.24, 2.45) is 11.0 Å². The van der Waals surface area contributed by atoms with Crippen molar-refractivity contribution in [3.8, 4) is 0 Å². The molecule has 0 fully saturated rings. The molecule has 27 heavy (non-hydrogen) atoms. The second kappa shape index (κ2) is 9.88. The number of carbonyl (C=O) groups excluding carboxylic acids is 2. The van der Waals surface area contributed by atoms with Crippen LogP contribution in [0.2, 0.25) is 10.0 Å². The summed E-state index contributed by atoms with van der Waals surface area (Å²) in [5, 5.41) is 4.91. The number of hydrogen-bond donors (Lipinski definition) is 1. The first-order chi connectivity index (χ1) is 12.8. The fourth-order valence-electron chi connectivity index (χ4n) is 2.21. The van der Waals surface area contributed by atoms with Crippen LogP contribution in [-0.2, 0) is 9.53 Å². The van der Waals surface area contributed by atoms with Crippen molar-refractivity contribution in [2.45, 2.75) is 13.8 Å². The summed E-state index contributed by atoms with van der Waals surface area (Å²) in [5.41, 5.74) is 3.58. The molecule has 2 rings (SSSR count). The van der Waals surface area contributed by atoms with E-state index in [4.69, 9.17) is 27.9 Å². The summed E-state index contributed by atoms with van der Waals surface area (Å²) in [6.07, 6.45) is 0. The Balaban J connectivity index is 2.30. The summed E-state index contributed by atoms with van der Waals surface area (Å²) >= 11 is 15.3. The van der Waals surface area contributed by atoms with E-state index in [9.17, 15) is 9.59 Å². The molecule has 2 aromatic carbocycles. The lowest BCUT2D eigenvalue weighted by molar-refractivity contribution is -0.135. The van der Waals surface area contributed by atoms with Gasteiger partial charge in [-0.1, -0.05) is 51.3 Å². The van der Waals surface area contributed by atoms with E-state index in [1.807, 2.05) is 0 Å². The van der Waals surface area contributed by atoms with Gasteiger partial charge in [-0.15, -0.1) is 0 Å². The third kappa shape index (κ3) is 5.79. The number of anilines is 1. The summed E-state index contributed by atoms with van der Waals surface area (Å²) in [6, 6.07) is 11.7. The largest absolute Gasteiger partial charge is 0.461 e. The Bertz CT molecular complexity index is 870. The highest BCUT2D eigenvalue weighted by atomic mass is 79.9. The van der Waals surface area contributed by atoms with Gasteiger partial charge in [0.15, 0.2) is 11.5 Å². The van der Waals surface area contributed by atoms with Crippen molar-refractivity contribution in [3.05, 3.63) is 62.5 Å². The van der Waals surface area contributed by atoms with Crippen LogP contribution in [0, 0.1) is 5.92 Å². The van der Waals surface area contributed by atoms with Gasteiger partial charge < -0.3 is 4.74 Å². The van der Waals surface area contributed by atoms with Crippen LogP contribution >= 0.6 is 39.1 Å². The van der Waals surface area contributed by atoms with Crippen LogP contribution in [0.15, 0.2) is 52.0 Å². The van der Waals surface area contributed by atoms with Crippen molar-refractivity contribution in [1.29, 1.82) is 0 Å². The second-order valence-electron chi connectivity index (χ2n) is 5.55. The highest BCUT2D eigenvalue weighted by Crippen LogP contribution is 2.25. The third-order valence-corrected chi connectivity index (χ3v) is 4.72. The minimum absolute atomic E-state index is 0.0456. The standard InChI is InChI=1S/C19H17BrCl2N2O3/c1-3-27-19(26)17(24-23-16-9-8-14(21)10-15(16)22)11(2)18(25)12-4-6-13(20)7-5-12/h4-11,23H,3H2,1-2H3. The summed E-state index contributed by atoms with van der Waals surface area (Å²) in [6.45, 7) is 3.45. The number of ketones is 1. The summed E-state index contributed by atoms with van der Waals surface area (Å²) in [7, 11) is 0. The number of hydrazone groups is 1. The van der Waals surface area contributed by atoms with Crippen LogP contribution in [-0.4, -0.2) is 24.1 Å². The van der Waals surface area contributed by atoms with Crippen LogP contribution in [0.5, 0.6) is 0 Å². The lowest BCUT2D eigenvalue weighted by Crippen LogP contribution is -2.31. The topological polar surface area (TPSA) is 67.8 Å². The lowest BCUT2D eigenvalue weighted by atomic mass is 9.95. The fraction of sp³-hybridized carbons (Fsp3) is 0.211. The molecule has 0 aliphatic rings. The first-order valence-electron chi connectivity index (χ1n) is 8.09. The maximum Gasteiger partial charge on any atom is 0.355 e. The van der Waals surface area contributed by atoms with E-state index >= 15 is 0 Å². The number of ether oxygens (including phenoxy) is 1. The lowest BCUT2D eigenvalue weighted by Gasteiger charge is -2.14. The van der Waals surface area contributed by atoms with Gasteiger partial charge in [-0.25, -0.2) is 4.79 Å². The maximum atomic E-state index is 12.8. The van der Waals surface area contributed by atoms with E-state index in [1.54, 1.807) is 56.3 Å². The van der Waals surface area contributed by atoms with E-state index in [0.717, 1.165) is 4.47 Å². The number of benzene rings is 2. The van der Waals surface area contributed by atoms with Crippen LogP contribution in [0.4, 0.5) is 5.69 Å². The third-order valence-electron chi connectivity index (χ3n) is 3.64. The maximum absolute atomic E-state index is 12.8. The van der Waals surface area contributed by atoms with E-state index < -0.39 is 11.9 Å². The number of carbonyl (C=O) groups is 2. The molecule has 1 unspecified atom stereocenters. The predicted octanol–water partition coefficient (Wildman–Crippen LogP) is 5.61. The first-order valence-corrected chi connectivity index (χ1v) is 9.64. The molecule has 8 heteroatoms. The van der Waals surface area contributed by atoms with Gasteiger partial charge in [0.05, 0.1) is 23.2 Å². The van der Waals surface area contributed by atoms with Crippen molar-refractivity contribution in [3.63, 3.8) is 0 Å². The molecule has 142 valence electrons. The average Bonchev–Trinajstić information content (AvgIpc) is 2.63.